The Morgan fingerprint density at radius 1 is 1.10 bits per heavy atom. The highest BCUT2D eigenvalue weighted by atomic mass is 19.1. The van der Waals surface area contributed by atoms with Crippen LogP contribution in [0.25, 0.3) is 0 Å². The molecule has 0 spiro atoms. The minimum Gasteiger partial charge on any atom is -0.484 e. The van der Waals surface area contributed by atoms with E-state index in [1.807, 2.05) is 13.0 Å². The molecule has 0 aliphatic rings. The molecule has 112 valence electrons. The molecule has 2 rings (SSSR count). The lowest BCUT2D eigenvalue weighted by atomic mass is 10.0. The van der Waals surface area contributed by atoms with Crippen molar-refractivity contribution in [2.75, 3.05) is 6.54 Å². The van der Waals surface area contributed by atoms with Gasteiger partial charge in [0.1, 0.15) is 17.7 Å². The van der Waals surface area contributed by atoms with Crippen molar-refractivity contribution >= 4 is 0 Å². The standard InChI is InChI=1S/C18H22FNO/c1-12(2)16-9-4-13(3)10-17(16)21-18(11-20)14-5-7-15(19)8-6-14/h4-10,12,18H,11,20H2,1-3H3. The van der Waals surface area contributed by atoms with Crippen molar-refractivity contribution in [3.05, 3.63) is 65.0 Å². The highest BCUT2D eigenvalue weighted by Crippen LogP contribution is 2.31. The lowest BCUT2D eigenvalue weighted by Gasteiger charge is -2.22. The SMILES string of the molecule is Cc1ccc(C(C)C)c(OC(CN)c2ccc(F)cc2)c1. The Kier molecular flexibility index (Phi) is 4.97. The Morgan fingerprint density at radius 3 is 2.33 bits per heavy atom. The Bertz CT molecular complexity index is 593. The molecular weight excluding hydrogens is 265 g/mol. The van der Waals surface area contributed by atoms with E-state index in [2.05, 4.69) is 26.0 Å². The molecule has 0 fully saturated rings. The van der Waals surface area contributed by atoms with Crippen LogP contribution in [0.5, 0.6) is 5.75 Å². The molecule has 1 atom stereocenters. The number of hydrogen-bond acceptors (Lipinski definition) is 2. The van der Waals surface area contributed by atoms with E-state index in [0.29, 0.717) is 12.5 Å². The molecule has 0 saturated carbocycles. The molecule has 0 aliphatic heterocycles. The maximum Gasteiger partial charge on any atom is 0.136 e. The Morgan fingerprint density at radius 2 is 1.76 bits per heavy atom. The largest absolute Gasteiger partial charge is 0.484 e. The smallest absolute Gasteiger partial charge is 0.136 e. The number of ether oxygens (including phenoxy) is 1. The first kappa shape index (κ1) is 15.5. The zero-order valence-corrected chi connectivity index (χ0v) is 12.8. The number of halogens is 1. The van der Waals surface area contributed by atoms with Gasteiger partial charge in [0.05, 0.1) is 0 Å². The zero-order chi connectivity index (χ0) is 15.4. The quantitative estimate of drug-likeness (QED) is 0.888. The molecular formula is C18H22FNO. The summed E-state index contributed by atoms with van der Waals surface area (Å²) >= 11 is 0. The fourth-order valence-electron chi connectivity index (χ4n) is 2.30. The molecule has 2 N–H and O–H groups in total. The molecule has 0 radical (unpaired) electrons. The minimum absolute atomic E-state index is 0.257. The van der Waals surface area contributed by atoms with E-state index in [1.54, 1.807) is 12.1 Å². The van der Waals surface area contributed by atoms with Crippen LogP contribution >= 0.6 is 0 Å². The summed E-state index contributed by atoms with van der Waals surface area (Å²) in [5, 5.41) is 0. The van der Waals surface area contributed by atoms with Gasteiger partial charge < -0.3 is 10.5 Å². The number of nitrogens with two attached hydrogens (primary N) is 1. The van der Waals surface area contributed by atoms with E-state index in [1.165, 1.54) is 12.1 Å². The molecule has 0 amide bonds. The van der Waals surface area contributed by atoms with Crippen molar-refractivity contribution in [1.82, 2.24) is 0 Å². The van der Waals surface area contributed by atoms with E-state index < -0.39 is 0 Å². The van der Waals surface area contributed by atoms with Gasteiger partial charge >= 0.3 is 0 Å². The van der Waals surface area contributed by atoms with Crippen LogP contribution in [0.1, 0.15) is 42.6 Å². The molecule has 2 aromatic carbocycles. The number of hydrogen-bond donors (Lipinski definition) is 1. The van der Waals surface area contributed by atoms with Crippen LogP contribution in [-0.2, 0) is 0 Å². The first-order valence-corrected chi connectivity index (χ1v) is 7.24. The molecule has 2 aromatic rings. The fraction of sp³-hybridized carbons (Fsp3) is 0.333. The second kappa shape index (κ2) is 6.72. The Labute approximate surface area is 125 Å². The van der Waals surface area contributed by atoms with Crippen molar-refractivity contribution in [2.45, 2.75) is 32.8 Å². The van der Waals surface area contributed by atoms with Crippen molar-refractivity contribution in [3.63, 3.8) is 0 Å². The number of benzene rings is 2. The van der Waals surface area contributed by atoms with Crippen LogP contribution in [0.2, 0.25) is 0 Å². The Balaban J connectivity index is 2.30. The van der Waals surface area contributed by atoms with Gasteiger partial charge in [0.2, 0.25) is 0 Å². The van der Waals surface area contributed by atoms with Crippen molar-refractivity contribution in [1.29, 1.82) is 0 Å². The highest BCUT2D eigenvalue weighted by Gasteiger charge is 2.15. The maximum atomic E-state index is 13.0. The average Bonchev–Trinajstić information content (AvgIpc) is 2.45. The third kappa shape index (κ3) is 3.82. The van der Waals surface area contributed by atoms with E-state index in [4.69, 9.17) is 10.5 Å². The van der Waals surface area contributed by atoms with Crippen LogP contribution in [0.15, 0.2) is 42.5 Å². The molecule has 0 aliphatic carbocycles. The van der Waals surface area contributed by atoms with Gasteiger partial charge in [0.15, 0.2) is 0 Å². The first-order chi connectivity index (χ1) is 10.0. The molecule has 0 heterocycles. The summed E-state index contributed by atoms with van der Waals surface area (Å²) in [4.78, 5) is 0. The lowest BCUT2D eigenvalue weighted by Crippen LogP contribution is -2.19. The summed E-state index contributed by atoms with van der Waals surface area (Å²) in [5.41, 5.74) is 9.02. The monoisotopic (exact) mass is 287 g/mol. The van der Waals surface area contributed by atoms with Crippen LogP contribution < -0.4 is 10.5 Å². The zero-order valence-electron chi connectivity index (χ0n) is 12.8. The molecule has 1 unspecified atom stereocenters. The van der Waals surface area contributed by atoms with Gasteiger partial charge in [-0.1, -0.05) is 38.1 Å². The summed E-state index contributed by atoms with van der Waals surface area (Å²) in [6.45, 7) is 6.64. The summed E-state index contributed by atoms with van der Waals surface area (Å²) < 4.78 is 19.1. The Hall–Kier alpha value is -1.87. The third-order valence-electron chi connectivity index (χ3n) is 3.52. The molecule has 3 heteroatoms. The molecule has 0 aromatic heterocycles. The van der Waals surface area contributed by atoms with Gasteiger partial charge in [0.25, 0.3) is 0 Å². The van der Waals surface area contributed by atoms with Gasteiger partial charge in [-0.3, -0.25) is 0 Å². The maximum absolute atomic E-state index is 13.0. The average molecular weight is 287 g/mol. The van der Waals surface area contributed by atoms with Crippen molar-refractivity contribution in [2.24, 2.45) is 5.73 Å². The van der Waals surface area contributed by atoms with E-state index in [-0.39, 0.29) is 11.9 Å². The second-order valence-electron chi connectivity index (χ2n) is 5.59. The molecule has 0 bridgehead atoms. The predicted octanol–water partition coefficient (Wildman–Crippen LogP) is 4.34. The van der Waals surface area contributed by atoms with E-state index in [9.17, 15) is 4.39 Å². The third-order valence-corrected chi connectivity index (χ3v) is 3.52. The summed E-state index contributed by atoms with van der Waals surface area (Å²) in [6, 6.07) is 12.5. The highest BCUT2D eigenvalue weighted by molar-refractivity contribution is 5.39. The predicted molar refractivity (Wildman–Crippen MR) is 84.1 cm³/mol. The normalized spacial score (nSPS) is 12.5. The van der Waals surface area contributed by atoms with E-state index in [0.717, 1.165) is 22.4 Å². The first-order valence-electron chi connectivity index (χ1n) is 7.24. The molecule has 2 nitrogen and oxygen atoms in total. The summed E-state index contributed by atoms with van der Waals surface area (Å²) in [5.74, 6) is 0.963. The van der Waals surface area contributed by atoms with Gasteiger partial charge in [-0.15, -0.1) is 0 Å². The van der Waals surface area contributed by atoms with Crippen LogP contribution in [0, 0.1) is 12.7 Å². The molecule has 21 heavy (non-hydrogen) atoms. The molecule has 0 saturated heterocycles. The van der Waals surface area contributed by atoms with Gasteiger partial charge in [-0.2, -0.15) is 0 Å². The lowest BCUT2D eigenvalue weighted by molar-refractivity contribution is 0.211. The van der Waals surface area contributed by atoms with Crippen LogP contribution in [0.4, 0.5) is 4.39 Å². The number of aryl methyl sites for hydroxylation is 1. The summed E-state index contributed by atoms with van der Waals surface area (Å²) in [7, 11) is 0. The minimum atomic E-state index is -0.273. The van der Waals surface area contributed by atoms with Gasteiger partial charge in [-0.25, -0.2) is 4.39 Å². The number of rotatable bonds is 5. The van der Waals surface area contributed by atoms with Crippen LogP contribution in [0.3, 0.4) is 0 Å². The van der Waals surface area contributed by atoms with E-state index >= 15 is 0 Å². The van der Waals surface area contributed by atoms with Crippen molar-refractivity contribution < 1.29 is 9.13 Å². The van der Waals surface area contributed by atoms with Crippen molar-refractivity contribution in [3.8, 4) is 5.75 Å². The fourth-order valence-corrected chi connectivity index (χ4v) is 2.30. The van der Waals surface area contributed by atoms with Crippen LogP contribution in [-0.4, -0.2) is 6.54 Å². The topological polar surface area (TPSA) is 35.2 Å². The van der Waals surface area contributed by atoms with Gasteiger partial charge in [-0.05, 0) is 47.7 Å². The summed E-state index contributed by atoms with van der Waals surface area (Å²) in [6.07, 6.45) is -0.273. The second-order valence-corrected chi connectivity index (χ2v) is 5.59. The van der Waals surface area contributed by atoms with Gasteiger partial charge in [0, 0.05) is 6.54 Å².